The van der Waals surface area contributed by atoms with Crippen molar-refractivity contribution in [2.75, 3.05) is 0 Å². The van der Waals surface area contributed by atoms with Crippen LogP contribution in [0.4, 0.5) is 8.78 Å². The predicted octanol–water partition coefficient (Wildman–Crippen LogP) is 5.00. The number of fused-ring (bicyclic) bond motifs is 1. The molecule has 1 aliphatic rings. The third-order valence-corrected chi connectivity index (χ3v) is 4.61. The lowest BCUT2D eigenvalue weighted by Crippen LogP contribution is -2.26. The molecule has 0 atom stereocenters. The van der Waals surface area contributed by atoms with Crippen molar-refractivity contribution >= 4 is 23.4 Å². The monoisotopic (exact) mass is 382 g/mol. The van der Waals surface area contributed by atoms with Gasteiger partial charge < -0.3 is 13.9 Å². The first-order valence-corrected chi connectivity index (χ1v) is 8.47. The first-order chi connectivity index (χ1) is 12.0. The second kappa shape index (κ2) is 6.20. The summed E-state index contributed by atoms with van der Waals surface area (Å²) < 4.78 is 41.0. The first-order valence-electron chi connectivity index (χ1n) is 7.11. The van der Waals surface area contributed by atoms with Crippen molar-refractivity contribution in [3.63, 3.8) is 0 Å². The number of benzene rings is 2. The molecule has 0 spiro atoms. The zero-order valence-electron chi connectivity index (χ0n) is 12.4. The number of halogens is 3. The van der Waals surface area contributed by atoms with Crippen LogP contribution < -0.4 is 9.47 Å². The van der Waals surface area contributed by atoms with Crippen LogP contribution in [0.5, 0.6) is 11.5 Å². The Hall–Kier alpha value is -2.32. The molecule has 1 aliphatic heterocycles. The number of hydrogen-bond acceptors (Lipinski definition) is 6. The van der Waals surface area contributed by atoms with E-state index in [2.05, 4.69) is 19.7 Å². The van der Waals surface area contributed by atoms with Crippen molar-refractivity contribution < 1.29 is 22.7 Å². The minimum absolute atomic E-state index is 0.0693. The van der Waals surface area contributed by atoms with E-state index in [4.69, 9.17) is 16.0 Å². The van der Waals surface area contributed by atoms with E-state index in [0.717, 1.165) is 5.56 Å². The van der Waals surface area contributed by atoms with Gasteiger partial charge in [-0.1, -0.05) is 47.6 Å². The molecule has 2 aromatic carbocycles. The molecule has 9 heteroatoms. The molecule has 0 saturated heterocycles. The largest absolute Gasteiger partial charge is 0.586 e. The molecule has 0 radical (unpaired) electrons. The van der Waals surface area contributed by atoms with Crippen LogP contribution >= 0.6 is 23.4 Å². The highest BCUT2D eigenvalue weighted by atomic mass is 35.5. The molecule has 3 aromatic rings. The Morgan fingerprint density at radius 3 is 2.72 bits per heavy atom. The average Bonchev–Trinajstić information content (AvgIpc) is 3.16. The lowest BCUT2D eigenvalue weighted by molar-refractivity contribution is -0.286. The van der Waals surface area contributed by atoms with Crippen LogP contribution in [0.2, 0.25) is 5.02 Å². The molecule has 0 N–H and O–H groups in total. The van der Waals surface area contributed by atoms with Gasteiger partial charge in [0.2, 0.25) is 0 Å². The highest BCUT2D eigenvalue weighted by molar-refractivity contribution is 7.98. The normalized spacial score (nSPS) is 14.7. The summed E-state index contributed by atoms with van der Waals surface area (Å²) in [5, 5.41) is 8.75. The van der Waals surface area contributed by atoms with Crippen LogP contribution in [0, 0.1) is 0 Å². The smallest absolute Gasteiger partial charge is 0.411 e. The second-order valence-electron chi connectivity index (χ2n) is 5.05. The van der Waals surface area contributed by atoms with Gasteiger partial charge >= 0.3 is 6.29 Å². The van der Waals surface area contributed by atoms with Gasteiger partial charge in [0, 0.05) is 10.8 Å². The molecule has 128 valence electrons. The molecular formula is C16H9ClF2N2O3S. The number of alkyl halides is 2. The number of nitrogens with zero attached hydrogens (tertiary/aromatic N) is 2. The van der Waals surface area contributed by atoms with Gasteiger partial charge in [-0.2, -0.15) is 0 Å². The Bertz CT molecular complexity index is 935. The molecule has 25 heavy (non-hydrogen) atoms. The van der Waals surface area contributed by atoms with E-state index < -0.39 is 6.29 Å². The summed E-state index contributed by atoms with van der Waals surface area (Å²) in [6.07, 6.45) is -3.71. The van der Waals surface area contributed by atoms with Gasteiger partial charge in [0.25, 0.3) is 11.1 Å². The third-order valence-electron chi connectivity index (χ3n) is 3.37. The Balaban J connectivity index is 1.55. The van der Waals surface area contributed by atoms with E-state index in [1.807, 2.05) is 18.2 Å². The van der Waals surface area contributed by atoms with Crippen molar-refractivity contribution in [3.05, 3.63) is 53.1 Å². The predicted molar refractivity (Wildman–Crippen MR) is 87.0 cm³/mol. The Morgan fingerprint density at radius 2 is 1.88 bits per heavy atom. The lowest BCUT2D eigenvalue weighted by Gasteiger charge is -2.05. The van der Waals surface area contributed by atoms with Crippen molar-refractivity contribution in [2.24, 2.45) is 0 Å². The Kier molecular flexibility index (Phi) is 4.01. The molecule has 0 unspecified atom stereocenters. The van der Waals surface area contributed by atoms with E-state index in [1.165, 1.54) is 17.8 Å². The summed E-state index contributed by atoms with van der Waals surface area (Å²) in [4.78, 5) is 0. The maximum atomic E-state index is 13.3. The molecular weight excluding hydrogens is 374 g/mol. The minimum atomic E-state index is -3.71. The van der Waals surface area contributed by atoms with Crippen molar-refractivity contribution in [1.82, 2.24) is 10.2 Å². The maximum Gasteiger partial charge on any atom is 0.586 e. The molecule has 0 fully saturated rings. The molecule has 2 heterocycles. The fourth-order valence-corrected chi connectivity index (χ4v) is 3.32. The first kappa shape index (κ1) is 16.2. The average molecular weight is 383 g/mol. The number of thioether (sulfide) groups is 1. The van der Waals surface area contributed by atoms with Gasteiger partial charge in [0.15, 0.2) is 11.5 Å². The number of rotatable bonds is 4. The van der Waals surface area contributed by atoms with Crippen LogP contribution in [0.3, 0.4) is 0 Å². The highest BCUT2D eigenvalue weighted by Crippen LogP contribution is 2.46. The van der Waals surface area contributed by atoms with Crippen LogP contribution in [-0.4, -0.2) is 16.5 Å². The summed E-state index contributed by atoms with van der Waals surface area (Å²) in [7, 11) is 0. The molecule has 5 nitrogen and oxygen atoms in total. The molecule has 0 saturated carbocycles. The number of aromatic nitrogens is 2. The highest BCUT2D eigenvalue weighted by Gasteiger charge is 2.45. The summed E-state index contributed by atoms with van der Waals surface area (Å²) >= 11 is 7.39. The van der Waals surface area contributed by atoms with Crippen molar-refractivity contribution in [3.8, 4) is 23.0 Å². The molecule has 1 aromatic heterocycles. The third kappa shape index (κ3) is 3.27. The molecule has 0 amide bonds. The zero-order valence-corrected chi connectivity index (χ0v) is 14.0. The summed E-state index contributed by atoms with van der Waals surface area (Å²) in [5.74, 6) is 0.399. The van der Waals surface area contributed by atoms with Crippen molar-refractivity contribution in [1.29, 1.82) is 0 Å². The van der Waals surface area contributed by atoms with Crippen LogP contribution in [-0.2, 0) is 5.75 Å². The van der Waals surface area contributed by atoms with Crippen LogP contribution in [0.25, 0.3) is 11.5 Å². The van der Waals surface area contributed by atoms with Gasteiger partial charge in [-0.3, -0.25) is 0 Å². The van der Waals surface area contributed by atoms with Gasteiger partial charge in [-0.25, -0.2) is 0 Å². The molecule has 4 rings (SSSR count). The number of para-hydroxylation sites is 1. The lowest BCUT2D eigenvalue weighted by atomic mass is 10.2. The maximum absolute atomic E-state index is 13.3. The topological polar surface area (TPSA) is 57.4 Å². The van der Waals surface area contributed by atoms with Crippen LogP contribution in [0.1, 0.15) is 5.56 Å². The van der Waals surface area contributed by atoms with Crippen LogP contribution in [0.15, 0.2) is 52.1 Å². The summed E-state index contributed by atoms with van der Waals surface area (Å²) in [5.41, 5.74) is 1.16. The summed E-state index contributed by atoms with van der Waals surface area (Å²) in [6, 6.07) is 11.9. The van der Waals surface area contributed by atoms with E-state index in [0.29, 0.717) is 10.8 Å². The standard InChI is InChI=1S/C16H9ClF2N2O3S/c17-11-6-2-1-4-9(11)8-25-15-21-20-14(22-15)10-5-3-7-12-13(10)24-16(18,19)23-12/h1-7H,8H2. The van der Waals surface area contributed by atoms with E-state index >= 15 is 0 Å². The Labute approximate surface area is 149 Å². The molecule has 0 bridgehead atoms. The second-order valence-corrected chi connectivity index (χ2v) is 6.39. The fourth-order valence-electron chi connectivity index (χ4n) is 2.27. The van der Waals surface area contributed by atoms with E-state index in [-0.39, 0.29) is 28.2 Å². The fraction of sp³-hybridized carbons (Fsp3) is 0.125. The summed E-state index contributed by atoms with van der Waals surface area (Å²) in [6.45, 7) is 0. The molecule has 0 aliphatic carbocycles. The van der Waals surface area contributed by atoms with Crippen molar-refractivity contribution in [2.45, 2.75) is 17.3 Å². The zero-order chi connectivity index (χ0) is 17.4. The number of hydrogen-bond donors (Lipinski definition) is 0. The van der Waals surface area contributed by atoms with Gasteiger partial charge in [0.1, 0.15) is 0 Å². The van der Waals surface area contributed by atoms with Gasteiger partial charge in [-0.05, 0) is 23.8 Å². The quantitative estimate of drug-likeness (QED) is 0.591. The van der Waals surface area contributed by atoms with Gasteiger partial charge in [-0.15, -0.1) is 19.0 Å². The Morgan fingerprint density at radius 1 is 1.04 bits per heavy atom. The minimum Gasteiger partial charge on any atom is -0.411 e. The van der Waals surface area contributed by atoms with Gasteiger partial charge in [0.05, 0.1) is 5.56 Å². The SMILES string of the molecule is FC1(F)Oc2cccc(-c3nnc(SCc4ccccc4Cl)o3)c2O1. The van der Waals surface area contributed by atoms with E-state index in [9.17, 15) is 8.78 Å². The van der Waals surface area contributed by atoms with E-state index in [1.54, 1.807) is 18.2 Å². The number of ether oxygens (including phenoxy) is 2.